The van der Waals surface area contributed by atoms with Crippen molar-refractivity contribution in [3.8, 4) is 51.0 Å². The summed E-state index contributed by atoms with van der Waals surface area (Å²) >= 11 is 1.88. The fraction of sp³-hybridized carbons (Fsp3) is 0. The summed E-state index contributed by atoms with van der Waals surface area (Å²) in [5.41, 5.74) is 8.33. The quantitative estimate of drug-likeness (QED) is 0.163. The molecule has 5 heteroatoms. The van der Waals surface area contributed by atoms with E-state index in [1.165, 1.54) is 63.3 Å². The minimum Gasteiger partial charge on any atom is -0.309 e. The first-order valence-corrected chi connectivity index (χ1v) is 21.7. The van der Waals surface area contributed by atoms with E-state index >= 15 is 0 Å². The molecule has 0 aliphatic rings. The average Bonchev–Trinajstić information content (AvgIpc) is 3.90. The zero-order valence-electron chi connectivity index (χ0n) is 33.3. The molecule has 3 heterocycles. The largest absolute Gasteiger partial charge is 0.309 e. The Kier molecular flexibility index (Phi) is 7.74. The molecular formula is C57H34N4S. The van der Waals surface area contributed by atoms with Crippen molar-refractivity contribution in [1.29, 1.82) is 0 Å². The highest BCUT2D eigenvalue weighted by atomic mass is 32.1. The second-order valence-corrected chi connectivity index (χ2v) is 17.0. The standard InChI is InChI=1S/C57H34N4S/c1-3-15-35(16-4-1)55-58-56(36-17-5-2-6-18-36)60-57(59-55)39-31-38(37-27-28-45-43-21-8-7-19-41(43)42-20-9-10-22-44(42)49(45)34-37)32-40(33-39)61-50-25-13-11-24-48(50)53-51(61)30-29-47-46-23-12-14-26-52(46)62-54(47)53/h1-34H. The lowest BCUT2D eigenvalue weighted by Gasteiger charge is -2.16. The van der Waals surface area contributed by atoms with E-state index in [0.717, 1.165) is 44.5 Å². The highest BCUT2D eigenvalue weighted by molar-refractivity contribution is 7.26. The van der Waals surface area contributed by atoms with Crippen LogP contribution in [0.25, 0.3) is 125 Å². The smallest absolute Gasteiger partial charge is 0.164 e. The molecule has 0 aliphatic heterocycles. The SMILES string of the molecule is c1ccc(-c2nc(-c3ccccc3)nc(-c3cc(-c4ccc5c6ccccc6c6ccccc6c5c4)cc(-n4c5ccccc5c5c6sc7ccccc7c6ccc54)c3)n2)cc1. The number of para-hydroxylation sites is 1. The molecule has 13 aromatic rings. The van der Waals surface area contributed by atoms with Crippen molar-refractivity contribution in [2.24, 2.45) is 0 Å². The van der Waals surface area contributed by atoms with E-state index in [0.29, 0.717) is 17.5 Å². The minimum absolute atomic E-state index is 0.616. The predicted octanol–water partition coefficient (Wildman–Crippen LogP) is 15.5. The molecule has 0 spiro atoms. The first kappa shape index (κ1) is 34.8. The lowest BCUT2D eigenvalue weighted by atomic mass is 9.91. The van der Waals surface area contributed by atoms with E-state index in [2.05, 4.69) is 174 Å². The second kappa shape index (κ2) is 13.8. The van der Waals surface area contributed by atoms with E-state index in [1.807, 2.05) is 47.7 Å². The molecule has 0 radical (unpaired) electrons. The Morgan fingerprint density at radius 1 is 0.306 bits per heavy atom. The van der Waals surface area contributed by atoms with Gasteiger partial charge >= 0.3 is 0 Å². The lowest BCUT2D eigenvalue weighted by Crippen LogP contribution is -2.01. The monoisotopic (exact) mass is 806 g/mol. The van der Waals surface area contributed by atoms with Crippen LogP contribution in [0.5, 0.6) is 0 Å². The van der Waals surface area contributed by atoms with Gasteiger partial charge in [0.05, 0.1) is 11.0 Å². The maximum Gasteiger partial charge on any atom is 0.164 e. The van der Waals surface area contributed by atoms with Crippen molar-refractivity contribution < 1.29 is 0 Å². The van der Waals surface area contributed by atoms with E-state index in [4.69, 9.17) is 15.0 Å². The van der Waals surface area contributed by atoms with Gasteiger partial charge in [-0.05, 0) is 85.9 Å². The van der Waals surface area contributed by atoms with Gasteiger partial charge in [0.25, 0.3) is 0 Å². The maximum atomic E-state index is 5.24. The highest BCUT2D eigenvalue weighted by Crippen LogP contribution is 2.45. The number of benzene rings is 10. The van der Waals surface area contributed by atoms with Crippen LogP contribution in [0, 0.1) is 0 Å². The number of nitrogens with zero attached hydrogens (tertiary/aromatic N) is 4. The van der Waals surface area contributed by atoms with Crippen molar-refractivity contribution in [1.82, 2.24) is 19.5 Å². The van der Waals surface area contributed by atoms with Gasteiger partial charge in [-0.3, -0.25) is 0 Å². The lowest BCUT2D eigenvalue weighted by molar-refractivity contribution is 1.07. The van der Waals surface area contributed by atoms with E-state index < -0.39 is 0 Å². The Labute approximate surface area is 360 Å². The second-order valence-electron chi connectivity index (χ2n) is 15.9. The van der Waals surface area contributed by atoms with Crippen molar-refractivity contribution in [2.45, 2.75) is 0 Å². The van der Waals surface area contributed by atoms with Crippen LogP contribution in [0.1, 0.15) is 0 Å². The van der Waals surface area contributed by atoms with Crippen molar-refractivity contribution >= 4 is 85.6 Å². The molecule has 0 amide bonds. The molecule has 13 rings (SSSR count). The summed E-state index contributed by atoms with van der Waals surface area (Å²) in [5.74, 6) is 1.88. The molecule has 0 bridgehead atoms. The molecule has 4 nitrogen and oxygen atoms in total. The van der Waals surface area contributed by atoms with Gasteiger partial charge < -0.3 is 4.57 Å². The summed E-state index contributed by atoms with van der Waals surface area (Å²) in [4.78, 5) is 15.5. The third kappa shape index (κ3) is 5.42. The molecule has 0 N–H and O–H groups in total. The van der Waals surface area contributed by atoms with Crippen molar-refractivity contribution in [3.05, 3.63) is 206 Å². The summed E-state index contributed by atoms with van der Waals surface area (Å²) in [6.07, 6.45) is 0. The number of fused-ring (bicyclic) bond motifs is 13. The van der Waals surface area contributed by atoms with Crippen LogP contribution in [0.4, 0.5) is 0 Å². The number of aromatic nitrogens is 4. The summed E-state index contributed by atoms with van der Waals surface area (Å²) < 4.78 is 5.04. The van der Waals surface area contributed by atoms with E-state index in [9.17, 15) is 0 Å². The summed E-state index contributed by atoms with van der Waals surface area (Å²) in [6.45, 7) is 0. The average molecular weight is 807 g/mol. The van der Waals surface area contributed by atoms with Gasteiger partial charge in [0.15, 0.2) is 17.5 Å². The van der Waals surface area contributed by atoms with Crippen molar-refractivity contribution in [2.75, 3.05) is 0 Å². The zero-order chi connectivity index (χ0) is 40.7. The van der Waals surface area contributed by atoms with Crippen LogP contribution in [0.3, 0.4) is 0 Å². The Morgan fingerprint density at radius 2 is 0.806 bits per heavy atom. The fourth-order valence-corrected chi connectivity index (χ4v) is 10.8. The number of hydrogen-bond acceptors (Lipinski definition) is 4. The Morgan fingerprint density at radius 3 is 1.47 bits per heavy atom. The van der Waals surface area contributed by atoms with Gasteiger partial charge in [0, 0.05) is 53.3 Å². The number of rotatable bonds is 5. The molecular weight excluding hydrogens is 773 g/mol. The van der Waals surface area contributed by atoms with Gasteiger partial charge in [-0.2, -0.15) is 0 Å². The van der Waals surface area contributed by atoms with Crippen LogP contribution >= 0.6 is 11.3 Å². The molecule has 10 aromatic carbocycles. The molecule has 0 aliphatic carbocycles. The van der Waals surface area contributed by atoms with E-state index in [1.54, 1.807) is 0 Å². The minimum atomic E-state index is 0.616. The molecule has 0 unspecified atom stereocenters. The van der Waals surface area contributed by atoms with Crippen LogP contribution < -0.4 is 0 Å². The zero-order valence-corrected chi connectivity index (χ0v) is 34.1. The summed E-state index contributed by atoms with van der Waals surface area (Å²) in [5, 5.41) is 12.6. The number of thiophene rings is 1. The molecule has 0 fully saturated rings. The van der Waals surface area contributed by atoms with Crippen LogP contribution in [0.2, 0.25) is 0 Å². The van der Waals surface area contributed by atoms with Crippen molar-refractivity contribution in [3.63, 3.8) is 0 Å². The van der Waals surface area contributed by atoms with Crippen LogP contribution in [-0.2, 0) is 0 Å². The maximum absolute atomic E-state index is 5.24. The highest BCUT2D eigenvalue weighted by Gasteiger charge is 2.20. The van der Waals surface area contributed by atoms with Crippen LogP contribution in [0.15, 0.2) is 206 Å². The predicted molar refractivity (Wildman–Crippen MR) is 261 cm³/mol. The molecule has 62 heavy (non-hydrogen) atoms. The Hall–Kier alpha value is -7.99. The van der Waals surface area contributed by atoms with Gasteiger partial charge in [-0.25, -0.2) is 15.0 Å². The normalized spacial score (nSPS) is 11.9. The molecule has 0 atom stereocenters. The molecule has 288 valence electrons. The molecule has 3 aromatic heterocycles. The topological polar surface area (TPSA) is 43.6 Å². The third-order valence-electron chi connectivity index (χ3n) is 12.4. The van der Waals surface area contributed by atoms with Gasteiger partial charge in [0.2, 0.25) is 0 Å². The summed E-state index contributed by atoms with van der Waals surface area (Å²) in [7, 11) is 0. The summed E-state index contributed by atoms with van der Waals surface area (Å²) in [6, 6.07) is 73.9. The van der Waals surface area contributed by atoms with Gasteiger partial charge in [-0.15, -0.1) is 11.3 Å². The first-order chi connectivity index (χ1) is 30.7. The third-order valence-corrected chi connectivity index (χ3v) is 13.6. The van der Waals surface area contributed by atoms with E-state index in [-0.39, 0.29) is 0 Å². The first-order valence-electron chi connectivity index (χ1n) is 20.9. The van der Waals surface area contributed by atoms with Gasteiger partial charge in [0.1, 0.15) is 0 Å². The fourth-order valence-electron chi connectivity index (χ4n) is 9.57. The Bertz CT molecular complexity index is 3830. The number of hydrogen-bond donors (Lipinski definition) is 0. The Balaban J connectivity index is 1.12. The van der Waals surface area contributed by atoms with Gasteiger partial charge in [-0.1, -0.05) is 164 Å². The molecule has 0 saturated heterocycles. The van der Waals surface area contributed by atoms with Crippen LogP contribution in [-0.4, -0.2) is 19.5 Å². The molecule has 0 saturated carbocycles.